The minimum Gasteiger partial charge on any atom is -0.490 e. The lowest BCUT2D eigenvalue weighted by Crippen LogP contribution is -2.06. The Hall–Kier alpha value is -1.49. The van der Waals surface area contributed by atoms with Crippen LogP contribution < -0.4 is 4.74 Å². The molecule has 0 saturated heterocycles. The maximum atomic E-state index is 8.80. The highest BCUT2D eigenvalue weighted by molar-refractivity contribution is 5.46. The molecule has 0 unspecified atom stereocenters. The molecule has 1 radical (unpaired) electrons. The molecule has 0 aliphatic heterocycles. The van der Waals surface area contributed by atoms with Gasteiger partial charge >= 0.3 is 0 Å². The van der Waals surface area contributed by atoms with E-state index in [4.69, 9.17) is 10.00 Å². The van der Waals surface area contributed by atoms with E-state index >= 15 is 0 Å². The fraction of sp³-hybridized carbons (Fsp3) is 0.273. The maximum Gasteiger partial charge on any atom is 0.137 e. The predicted octanol–water partition coefficient (Wildman–Crippen LogP) is 2.53. The van der Waals surface area contributed by atoms with Crippen molar-refractivity contribution < 1.29 is 4.74 Å². The van der Waals surface area contributed by atoms with Gasteiger partial charge in [0.2, 0.25) is 0 Å². The summed E-state index contributed by atoms with van der Waals surface area (Å²) in [6, 6.07) is 7.41. The normalized spacial score (nSPS) is 9.77. The largest absolute Gasteiger partial charge is 0.490 e. The van der Waals surface area contributed by atoms with E-state index in [1.165, 1.54) is 0 Å². The highest BCUT2D eigenvalue weighted by Gasteiger charge is 2.04. The van der Waals surface area contributed by atoms with Crippen LogP contribution in [0.2, 0.25) is 0 Å². The lowest BCUT2D eigenvalue weighted by atomic mass is 10.1. The highest BCUT2D eigenvalue weighted by Crippen LogP contribution is 2.19. The van der Waals surface area contributed by atoms with E-state index in [0.29, 0.717) is 11.3 Å². The van der Waals surface area contributed by atoms with Gasteiger partial charge in [0.05, 0.1) is 11.7 Å². The van der Waals surface area contributed by atoms with Crippen molar-refractivity contribution in [1.82, 2.24) is 0 Å². The van der Waals surface area contributed by atoms with Crippen molar-refractivity contribution in [3.05, 3.63) is 36.2 Å². The minimum absolute atomic E-state index is 0.0859. The Balaban J connectivity index is 3.01. The number of hydrogen-bond acceptors (Lipinski definition) is 2. The lowest BCUT2D eigenvalue weighted by Gasteiger charge is -2.10. The third kappa shape index (κ3) is 2.48. The predicted molar refractivity (Wildman–Crippen MR) is 51.4 cm³/mol. The molecule has 67 valence electrons. The summed E-state index contributed by atoms with van der Waals surface area (Å²) < 4.78 is 5.44. The first-order valence-corrected chi connectivity index (χ1v) is 4.16. The van der Waals surface area contributed by atoms with Gasteiger partial charge in [-0.25, -0.2) is 0 Å². The van der Waals surface area contributed by atoms with Crippen LogP contribution >= 0.6 is 0 Å². The molecule has 0 N–H and O–H groups in total. The summed E-state index contributed by atoms with van der Waals surface area (Å²) in [5, 5.41) is 8.80. The Morgan fingerprint density at radius 3 is 2.69 bits per heavy atom. The topological polar surface area (TPSA) is 33.0 Å². The van der Waals surface area contributed by atoms with Crippen molar-refractivity contribution >= 4 is 0 Å². The molecule has 0 spiro atoms. The molecule has 0 heterocycles. The fourth-order valence-corrected chi connectivity index (χ4v) is 1.02. The van der Waals surface area contributed by atoms with Gasteiger partial charge in [-0.3, -0.25) is 0 Å². The van der Waals surface area contributed by atoms with Gasteiger partial charge in [0, 0.05) is 0 Å². The Morgan fingerprint density at radius 1 is 1.46 bits per heavy atom. The van der Waals surface area contributed by atoms with Crippen LogP contribution in [0.3, 0.4) is 0 Å². The van der Waals surface area contributed by atoms with Crippen LogP contribution in [0, 0.1) is 18.3 Å². The Bertz CT molecular complexity index is 336. The molecular weight excluding hydrogens is 162 g/mol. The molecule has 0 amide bonds. The summed E-state index contributed by atoms with van der Waals surface area (Å²) in [4.78, 5) is 0. The van der Waals surface area contributed by atoms with Crippen LogP contribution in [0.15, 0.2) is 18.2 Å². The van der Waals surface area contributed by atoms with E-state index in [-0.39, 0.29) is 6.10 Å². The van der Waals surface area contributed by atoms with Crippen LogP contribution in [-0.4, -0.2) is 6.10 Å². The van der Waals surface area contributed by atoms with Gasteiger partial charge in [0.1, 0.15) is 11.8 Å². The molecule has 1 rings (SSSR count). The second-order valence-corrected chi connectivity index (χ2v) is 3.11. The zero-order valence-corrected chi connectivity index (χ0v) is 7.87. The second-order valence-electron chi connectivity index (χ2n) is 3.11. The van der Waals surface area contributed by atoms with Crippen LogP contribution in [0.5, 0.6) is 5.75 Å². The molecule has 0 aromatic heterocycles. The maximum absolute atomic E-state index is 8.80. The molecule has 0 atom stereocenters. The van der Waals surface area contributed by atoms with Crippen molar-refractivity contribution in [1.29, 1.82) is 5.26 Å². The smallest absolute Gasteiger partial charge is 0.137 e. The van der Waals surface area contributed by atoms with Gasteiger partial charge < -0.3 is 4.74 Å². The summed E-state index contributed by atoms with van der Waals surface area (Å²) in [6.45, 7) is 7.60. The number of nitrogens with zero attached hydrogens (tertiary/aromatic N) is 1. The standard InChI is InChI=1S/C11H12NO/c1-8(2)13-11-5-4-9(3)6-10(11)7-12/h4-6,8H,3H2,1-2H3. The van der Waals surface area contributed by atoms with Gasteiger partial charge in [-0.05, 0) is 38.5 Å². The zero-order chi connectivity index (χ0) is 9.84. The van der Waals surface area contributed by atoms with Gasteiger partial charge in [0.15, 0.2) is 0 Å². The molecule has 0 aliphatic rings. The molecular formula is C11H12NO. The molecule has 1 aromatic carbocycles. The monoisotopic (exact) mass is 174 g/mol. The van der Waals surface area contributed by atoms with Gasteiger partial charge in [0.25, 0.3) is 0 Å². The Kier molecular flexibility index (Phi) is 2.92. The van der Waals surface area contributed by atoms with Crippen molar-refractivity contribution in [2.24, 2.45) is 0 Å². The molecule has 0 fully saturated rings. The van der Waals surface area contributed by atoms with Crippen LogP contribution in [0.4, 0.5) is 0 Å². The SMILES string of the molecule is [CH2]c1ccc(OC(C)C)c(C#N)c1. The number of rotatable bonds is 2. The zero-order valence-electron chi connectivity index (χ0n) is 7.87. The molecule has 2 nitrogen and oxygen atoms in total. The number of nitriles is 1. The Morgan fingerprint density at radius 2 is 2.15 bits per heavy atom. The summed E-state index contributed by atoms with van der Waals surface area (Å²) in [5.41, 5.74) is 1.37. The van der Waals surface area contributed by atoms with Crippen molar-refractivity contribution in [2.75, 3.05) is 0 Å². The van der Waals surface area contributed by atoms with Gasteiger partial charge in [-0.2, -0.15) is 5.26 Å². The third-order valence-corrected chi connectivity index (χ3v) is 1.53. The average Bonchev–Trinajstić information content (AvgIpc) is 2.07. The summed E-state index contributed by atoms with van der Waals surface area (Å²) in [6.07, 6.45) is 0.0859. The molecule has 2 heteroatoms. The fourth-order valence-electron chi connectivity index (χ4n) is 1.02. The van der Waals surface area contributed by atoms with E-state index in [1.807, 2.05) is 19.9 Å². The molecule has 1 aromatic rings. The highest BCUT2D eigenvalue weighted by atomic mass is 16.5. The molecule has 0 bridgehead atoms. The second kappa shape index (κ2) is 3.95. The molecule has 13 heavy (non-hydrogen) atoms. The number of ether oxygens (including phenoxy) is 1. The van der Waals surface area contributed by atoms with Crippen molar-refractivity contribution in [3.8, 4) is 11.8 Å². The third-order valence-electron chi connectivity index (χ3n) is 1.53. The lowest BCUT2D eigenvalue weighted by molar-refractivity contribution is 0.241. The summed E-state index contributed by atoms with van der Waals surface area (Å²) in [5.74, 6) is 0.630. The van der Waals surface area contributed by atoms with Gasteiger partial charge in [-0.15, -0.1) is 0 Å². The molecule has 0 saturated carbocycles. The van der Waals surface area contributed by atoms with Crippen molar-refractivity contribution in [3.63, 3.8) is 0 Å². The minimum atomic E-state index is 0.0859. The van der Waals surface area contributed by atoms with E-state index in [0.717, 1.165) is 5.56 Å². The summed E-state index contributed by atoms with van der Waals surface area (Å²) in [7, 11) is 0. The Labute approximate surface area is 78.8 Å². The quantitative estimate of drug-likeness (QED) is 0.690. The average molecular weight is 174 g/mol. The first-order chi connectivity index (χ1) is 6.13. The van der Waals surface area contributed by atoms with Gasteiger partial charge in [-0.1, -0.05) is 6.07 Å². The van der Waals surface area contributed by atoms with E-state index < -0.39 is 0 Å². The van der Waals surface area contributed by atoms with Crippen LogP contribution in [-0.2, 0) is 0 Å². The van der Waals surface area contributed by atoms with E-state index in [9.17, 15) is 0 Å². The van der Waals surface area contributed by atoms with E-state index in [1.54, 1.807) is 12.1 Å². The number of benzene rings is 1. The van der Waals surface area contributed by atoms with E-state index in [2.05, 4.69) is 13.0 Å². The van der Waals surface area contributed by atoms with Crippen molar-refractivity contribution in [2.45, 2.75) is 20.0 Å². The first-order valence-electron chi connectivity index (χ1n) is 4.16. The number of hydrogen-bond donors (Lipinski definition) is 0. The molecule has 0 aliphatic carbocycles. The first kappa shape index (κ1) is 9.60. The van der Waals surface area contributed by atoms with Crippen LogP contribution in [0.1, 0.15) is 25.0 Å². The van der Waals surface area contributed by atoms with Crippen LogP contribution in [0.25, 0.3) is 0 Å². The summed E-state index contributed by atoms with van der Waals surface area (Å²) >= 11 is 0.